The van der Waals surface area contributed by atoms with E-state index >= 15 is 0 Å². The molecule has 1 radical (unpaired) electrons. The number of cyclic esters (lactones) is 1. The zero-order valence-electron chi connectivity index (χ0n) is 40.1. The summed E-state index contributed by atoms with van der Waals surface area (Å²) in [7, 11) is 8.67. The predicted octanol–water partition coefficient (Wildman–Crippen LogP) is 3.91. The molecule has 61 heavy (non-hydrogen) atoms. The molecule has 0 aliphatic carbocycles. The molecule has 4 rings (SSSR count). The summed E-state index contributed by atoms with van der Waals surface area (Å²) in [5.74, 6) is -3.85. The Labute approximate surface area is 401 Å². The maximum Gasteiger partial charge on any atom is 0.411 e. The fraction of sp³-hybridized carbons (Fsp3) is 0.932. The van der Waals surface area contributed by atoms with E-state index in [0.717, 1.165) is 0 Å². The monoisotopic (exact) mass is 1080 g/mol. The Morgan fingerprint density at radius 2 is 1.52 bits per heavy atom. The smallest absolute Gasteiger partial charge is 0.411 e. The number of amides is 1. The molecule has 4 fully saturated rings. The number of Topliss-reactive ketones (excluding diaryl/α,β-unsaturated/α-hetero) is 1. The van der Waals surface area contributed by atoms with Crippen molar-refractivity contribution in [2.45, 2.75) is 199 Å². The van der Waals surface area contributed by atoms with E-state index in [0.29, 0.717) is 6.42 Å². The summed E-state index contributed by atoms with van der Waals surface area (Å²) < 4.78 is 51.3. The maximum atomic E-state index is 14.9. The Hall–Kier alpha value is -0.548. The Morgan fingerprint density at radius 3 is 2.07 bits per heavy atom. The van der Waals surface area contributed by atoms with Crippen LogP contribution in [0.4, 0.5) is 4.79 Å². The van der Waals surface area contributed by atoms with Gasteiger partial charge in [-0.15, -0.1) is 0 Å². The van der Waals surface area contributed by atoms with Crippen LogP contribution in [0.3, 0.4) is 0 Å². The zero-order valence-corrected chi connectivity index (χ0v) is 44.8. The van der Waals surface area contributed by atoms with Crippen LogP contribution in [-0.2, 0) is 47.5 Å². The number of ketones is 1. The molecule has 0 aromatic carbocycles. The second kappa shape index (κ2) is 21.4. The van der Waals surface area contributed by atoms with Gasteiger partial charge in [0.25, 0.3) is 0 Å². The molecule has 4 aliphatic heterocycles. The first-order valence-electron chi connectivity index (χ1n) is 21.9. The molecule has 0 aromatic rings. The summed E-state index contributed by atoms with van der Waals surface area (Å²) in [6.07, 6.45) is -7.36. The average Bonchev–Trinajstić information content (AvgIpc) is 3.44. The van der Waals surface area contributed by atoms with Gasteiger partial charge < -0.3 is 58.3 Å². The Balaban J connectivity index is 0.00000992. The second-order valence-corrected chi connectivity index (χ2v) is 19.7. The molecule has 4 heterocycles. The van der Waals surface area contributed by atoms with Gasteiger partial charge in [0.2, 0.25) is 0 Å². The summed E-state index contributed by atoms with van der Waals surface area (Å²) >= 11 is 0. The zero-order chi connectivity index (χ0) is 45.4. The molecule has 4 aliphatic rings. The van der Waals surface area contributed by atoms with Gasteiger partial charge in [0.1, 0.15) is 24.1 Å². The van der Waals surface area contributed by atoms with Crippen molar-refractivity contribution in [1.29, 1.82) is 0 Å². The molecule has 16 nitrogen and oxygen atoms in total. The summed E-state index contributed by atoms with van der Waals surface area (Å²) in [5.41, 5.74) is -4.24. The van der Waals surface area contributed by atoms with Crippen molar-refractivity contribution in [3.63, 3.8) is 0 Å². The number of carbonyl (C=O) groups is 3. The number of aliphatic hydroxyl groups is 2. The molecule has 1 amide bonds. The fourth-order valence-electron chi connectivity index (χ4n) is 10.3. The summed E-state index contributed by atoms with van der Waals surface area (Å²) in [6, 6.07) is -1.09. The van der Waals surface area contributed by atoms with E-state index in [1.165, 1.54) is 7.11 Å². The molecular weight excluding hydrogens is 1010 g/mol. The Morgan fingerprint density at radius 1 is 0.918 bits per heavy atom. The van der Waals surface area contributed by atoms with Gasteiger partial charge in [0.05, 0.1) is 47.6 Å². The first-order chi connectivity index (χ1) is 27.7. The minimum absolute atomic E-state index is 0. The summed E-state index contributed by atoms with van der Waals surface area (Å²) in [4.78, 5) is 47.2. The van der Waals surface area contributed by atoms with Crippen LogP contribution < -0.4 is 5.32 Å². The van der Waals surface area contributed by atoms with Gasteiger partial charge in [-0.1, -0.05) is 27.7 Å². The quantitative estimate of drug-likeness (QED) is 0.253. The standard InChI is InChI=1S/C44H79N3O13.Ac/c1-18-30-44(12)35(47(40(52)60-44)22-41(8,9)45-13)25(4)32(48)23(2)20-43(11,54-17)37(59-39-33(49)29(46(14)15)19-24(3)55-39)26(5)34(27(6)38(51)57-30)58-31-21-42(10,53-16)36(50)28(7)56-31;/h23-31,33-37,39,45,49-50H,18-22H2,1-17H3;. The number of hydrogen-bond donors (Lipinski definition) is 3. The summed E-state index contributed by atoms with van der Waals surface area (Å²) in [6.45, 7) is 22.3. The largest absolute Gasteiger partial charge is 0.458 e. The van der Waals surface area contributed by atoms with E-state index in [1.807, 2.05) is 81.4 Å². The van der Waals surface area contributed by atoms with Crippen LogP contribution in [0.1, 0.15) is 109 Å². The van der Waals surface area contributed by atoms with Crippen LogP contribution in [0, 0.1) is 67.7 Å². The second-order valence-electron chi connectivity index (χ2n) is 19.7. The molecule has 3 N–H and O–H groups in total. The van der Waals surface area contributed by atoms with E-state index < -0.39 is 113 Å². The minimum atomic E-state index is -1.41. The maximum absolute atomic E-state index is 14.9. The number of aliphatic hydroxyl groups excluding tert-OH is 2. The normalized spacial score (nSPS) is 44.5. The topological polar surface area (TPSA) is 184 Å². The summed E-state index contributed by atoms with van der Waals surface area (Å²) in [5, 5.41) is 26.1. The molecule has 4 saturated heterocycles. The van der Waals surface area contributed by atoms with Crippen LogP contribution in [-0.4, -0.2) is 169 Å². The van der Waals surface area contributed by atoms with Crippen molar-refractivity contribution in [3.05, 3.63) is 0 Å². The molecule has 351 valence electrons. The van der Waals surface area contributed by atoms with Gasteiger partial charge >= 0.3 is 12.1 Å². The molecule has 0 saturated carbocycles. The number of fused-ring (bicyclic) bond motifs is 1. The first-order valence-corrected chi connectivity index (χ1v) is 21.9. The number of esters is 1. The van der Waals surface area contributed by atoms with Gasteiger partial charge in [-0.05, 0) is 95.8 Å². The number of nitrogens with one attached hydrogen (secondary N) is 1. The number of methoxy groups -OCH3 is 2. The number of hydrogen-bond acceptors (Lipinski definition) is 15. The number of likely N-dealkylation sites (N-methyl/N-ethyl adjacent to an activating group) is 2. The third-order valence-corrected chi connectivity index (χ3v) is 14.4. The molecule has 0 spiro atoms. The number of carbonyl (C=O) groups excluding carboxylic acids is 3. The van der Waals surface area contributed by atoms with Crippen molar-refractivity contribution in [3.8, 4) is 0 Å². The third kappa shape index (κ3) is 11.5. The molecule has 0 bridgehead atoms. The number of nitrogens with zero attached hydrogens (tertiary/aromatic N) is 2. The average molecular weight is 1090 g/mol. The van der Waals surface area contributed by atoms with E-state index in [4.69, 9.17) is 37.9 Å². The Kier molecular flexibility index (Phi) is 19.2. The third-order valence-electron chi connectivity index (χ3n) is 14.4. The van der Waals surface area contributed by atoms with Gasteiger partial charge in [-0.2, -0.15) is 0 Å². The molecule has 18 unspecified atom stereocenters. The van der Waals surface area contributed by atoms with Crippen LogP contribution in [0.5, 0.6) is 0 Å². The SMILES string of the molecule is CCC1OC(=O)C(C)C(OC2CC(C)(OC)C(O)C(C)O2)C(C)C(OC2OC(C)CC(N(C)C)C2O)C(C)(OC)CC(C)C(=O)C(C)C2N(CC(C)(C)NC)C(=O)OC12C.[Ac]. The molecular formula is C44H79AcN3O13. The van der Waals surface area contributed by atoms with Crippen molar-refractivity contribution in [2.24, 2.45) is 23.7 Å². The predicted molar refractivity (Wildman–Crippen MR) is 223 cm³/mol. The van der Waals surface area contributed by atoms with Gasteiger partial charge in [0.15, 0.2) is 18.2 Å². The van der Waals surface area contributed by atoms with Crippen LogP contribution in [0.2, 0.25) is 0 Å². The molecule has 18 atom stereocenters. The van der Waals surface area contributed by atoms with E-state index in [2.05, 4.69) is 5.32 Å². The van der Waals surface area contributed by atoms with Crippen molar-refractivity contribution >= 4 is 17.8 Å². The number of ether oxygens (including phenoxy) is 8. The first kappa shape index (κ1) is 54.8. The van der Waals surface area contributed by atoms with Crippen molar-refractivity contribution in [2.75, 3.05) is 41.9 Å². The number of rotatable bonds is 11. The van der Waals surface area contributed by atoms with E-state index in [-0.39, 0.29) is 87.8 Å². The molecule has 17 heteroatoms. The van der Waals surface area contributed by atoms with Crippen LogP contribution >= 0.6 is 0 Å². The van der Waals surface area contributed by atoms with E-state index in [9.17, 15) is 24.6 Å². The van der Waals surface area contributed by atoms with Crippen molar-refractivity contribution in [1.82, 2.24) is 15.1 Å². The van der Waals surface area contributed by atoms with Gasteiger partial charge in [-0.25, -0.2) is 4.79 Å². The van der Waals surface area contributed by atoms with Gasteiger partial charge in [-0.3, -0.25) is 14.5 Å². The van der Waals surface area contributed by atoms with Crippen LogP contribution in [0.15, 0.2) is 0 Å². The van der Waals surface area contributed by atoms with E-state index in [1.54, 1.807) is 39.7 Å². The molecule has 0 aromatic heterocycles. The minimum Gasteiger partial charge on any atom is -0.458 e. The van der Waals surface area contributed by atoms with Crippen molar-refractivity contribution < 1.29 is 107 Å². The van der Waals surface area contributed by atoms with Crippen LogP contribution in [0.25, 0.3) is 0 Å². The Bertz CT molecular complexity index is 1490. The fourth-order valence-corrected chi connectivity index (χ4v) is 10.3. The van der Waals surface area contributed by atoms with Gasteiger partial charge in [0, 0.05) is 101 Å².